The molecule has 1 fully saturated rings. The molecule has 2 atom stereocenters. The highest BCUT2D eigenvalue weighted by molar-refractivity contribution is 4.95. The molecule has 0 amide bonds. The molecule has 2 heterocycles. The Hall–Kier alpha value is -0.940. The first-order chi connectivity index (χ1) is 7.22. The zero-order chi connectivity index (χ0) is 10.8. The number of nitrogens with zero attached hydrogens (tertiary/aromatic N) is 4. The lowest BCUT2D eigenvalue weighted by Crippen LogP contribution is -2.27. The fourth-order valence-corrected chi connectivity index (χ4v) is 2.20. The Morgan fingerprint density at radius 1 is 1.67 bits per heavy atom. The molecule has 2 unspecified atom stereocenters. The number of rotatable bonds is 3. The van der Waals surface area contributed by atoms with Crippen LogP contribution in [0, 0.1) is 5.92 Å². The highest BCUT2D eigenvalue weighted by Crippen LogP contribution is 2.25. The fourth-order valence-electron chi connectivity index (χ4n) is 2.20. The number of hydrogen-bond donors (Lipinski definition) is 1. The monoisotopic (exact) mass is 210 g/mol. The number of aryl methyl sites for hydroxylation is 1. The first-order valence-corrected chi connectivity index (χ1v) is 5.41. The summed E-state index contributed by atoms with van der Waals surface area (Å²) < 4.78 is 1.96. The van der Waals surface area contributed by atoms with Crippen molar-refractivity contribution in [1.29, 1.82) is 0 Å². The van der Waals surface area contributed by atoms with E-state index in [9.17, 15) is 0 Å². The zero-order valence-corrected chi connectivity index (χ0v) is 9.30. The van der Waals surface area contributed by atoms with E-state index in [1.807, 2.05) is 11.6 Å². The van der Waals surface area contributed by atoms with E-state index < -0.39 is 0 Å². The second kappa shape index (κ2) is 4.28. The molecule has 1 N–H and O–H groups in total. The van der Waals surface area contributed by atoms with Gasteiger partial charge in [0, 0.05) is 20.2 Å². The average molecular weight is 210 g/mol. The van der Waals surface area contributed by atoms with E-state index >= 15 is 0 Å². The molecule has 1 aromatic rings. The van der Waals surface area contributed by atoms with Gasteiger partial charge in [0.15, 0.2) is 0 Å². The van der Waals surface area contributed by atoms with Gasteiger partial charge >= 0.3 is 0 Å². The Kier molecular flexibility index (Phi) is 3.02. The summed E-state index contributed by atoms with van der Waals surface area (Å²) >= 11 is 0. The van der Waals surface area contributed by atoms with E-state index in [1.54, 1.807) is 6.33 Å². The maximum Gasteiger partial charge on any atom is 0.149 e. The van der Waals surface area contributed by atoms with Gasteiger partial charge in [0.1, 0.15) is 12.2 Å². The van der Waals surface area contributed by atoms with Gasteiger partial charge in [-0.25, -0.2) is 0 Å². The first-order valence-electron chi connectivity index (χ1n) is 5.41. The van der Waals surface area contributed by atoms with Crippen LogP contribution in [-0.4, -0.2) is 44.5 Å². The zero-order valence-electron chi connectivity index (χ0n) is 9.30. The van der Waals surface area contributed by atoms with Crippen LogP contribution in [0.1, 0.15) is 25.2 Å². The van der Waals surface area contributed by atoms with Crippen LogP contribution in [0.5, 0.6) is 0 Å². The molecule has 1 aromatic heterocycles. The second-order valence-electron chi connectivity index (χ2n) is 4.31. The minimum atomic E-state index is 0.286. The molecule has 0 spiro atoms. The Balaban J connectivity index is 2.03. The summed E-state index contributed by atoms with van der Waals surface area (Å²) in [6.45, 7) is 4.44. The van der Waals surface area contributed by atoms with Crippen molar-refractivity contribution in [2.45, 2.75) is 19.4 Å². The van der Waals surface area contributed by atoms with Crippen LogP contribution in [0.15, 0.2) is 6.33 Å². The van der Waals surface area contributed by atoms with E-state index in [0.717, 1.165) is 25.3 Å². The van der Waals surface area contributed by atoms with Crippen LogP contribution in [0.2, 0.25) is 0 Å². The van der Waals surface area contributed by atoms with Crippen molar-refractivity contribution in [3.05, 3.63) is 12.2 Å². The molecule has 2 rings (SSSR count). The van der Waals surface area contributed by atoms with E-state index in [0.29, 0.717) is 12.5 Å². The summed E-state index contributed by atoms with van der Waals surface area (Å²) in [4.78, 5) is 2.35. The van der Waals surface area contributed by atoms with Gasteiger partial charge in [-0.05, 0) is 25.8 Å². The molecule has 15 heavy (non-hydrogen) atoms. The van der Waals surface area contributed by atoms with Crippen molar-refractivity contribution in [3.8, 4) is 0 Å². The third-order valence-electron chi connectivity index (χ3n) is 3.24. The van der Waals surface area contributed by atoms with Crippen molar-refractivity contribution in [2.75, 3.05) is 19.7 Å². The quantitative estimate of drug-likeness (QED) is 0.774. The van der Waals surface area contributed by atoms with Gasteiger partial charge in [-0.3, -0.25) is 4.90 Å². The highest BCUT2D eigenvalue weighted by atomic mass is 16.3. The molecular formula is C10H18N4O. The third kappa shape index (κ3) is 2.03. The smallest absolute Gasteiger partial charge is 0.149 e. The Bertz CT molecular complexity index is 325. The maximum absolute atomic E-state index is 9.09. The Labute approximate surface area is 89.7 Å². The van der Waals surface area contributed by atoms with E-state index in [2.05, 4.69) is 22.0 Å². The summed E-state index contributed by atoms with van der Waals surface area (Å²) in [7, 11) is 1.96. The van der Waals surface area contributed by atoms with Crippen LogP contribution in [0.3, 0.4) is 0 Å². The van der Waals surface area contributed by atoms with Gasteiger partial charge in [-0.1, -0.05) is 0 Å². The largest absolute Gasteiger partial charge is 0.396 e. The molecule has 1 aliphatic rings. The minimum Gasteiger partial charge on any atom is -0.396 e. The average Bonchev–Trinajstić information content (AvgIpc) is 2.84. The molecular weight excluding hydrogens is 192 g/mol. The lowest BCUT2D eigenvalue weighted by atomic mass is 10.1. The molecule has 0 aliphatic carbocycles. The summed E-state index contributed by atoms with van der Waals surface area (Å²) in [6, 6.07) is 0.286. The van der Waals surface area contributed by atoms with Gasteiger partial charge in [0.25, 0.3) is 0 Å². The molecule has 1 saturated heterocycles. The predicted molar refractivity (Wildman–Crippen MR) is 56.2 cm³/mol. The molecule has 5 heteroatoms. The van der Waals surface area contributed by atoms with Gasteiger partial charge in [-0.15, -0.1) is 10.2 Å². The van der Waals surface area contributed by atoms with Crippen LogP contribution in [0.4, 0.5) is 0 Å². The van der Waals surface area contributed by atoms with Crippen molar-refractivity contribution >= 4 is 0 Å². The van der Waals surface area contributed by atoms with Crippen molar-refractivity contribution < 1.29 is 5.11 Å². The lowest BCUT2D eigenvalue weighted by Gasteiger charge is -2.23. The van der Waals surface area contributed by atoms with Crippen LogP contribution in [-0.2, 0) is 7.05 Å². The van der Waals surface area contributed by atoms with Crippen LogP contribution < -0.4 is 0 Å². The Morgan fingerprint density at radius 3 is 3.00 bits per heavy atom. The SMILES string of the molecule is CC(c1nncn1C)N1CCC(CO)C1. The maximum atomic E-state index is 9.09. The number of likely N-dealkylation sites (tertiary alicyclic amines) is 1. The molecule has 0 aromatic carbocycles. The standard InChI is InChI=1S/C10H18N4O/c1-8(10-12-11-7-13(10)2)14-4-3-9(5-14)6-15/h7-9,15H,3-6H2,1-2H3. The molecule has 1 aliphatic heterocycles. The van der Waals surface area contributed by atoms with Gasteiger partial charge in [-0.2, -0.15) is 0 Å². The normalized spacial score (nSPS) is 24.6. The van der Waals surface area contributed by atoms with Crippen molar-refractivity contribution in [1.82, 2.24) is 19.7 Å². The number of hydrogen-bond acceptors (Lipinski definition) is 4. The summed E-state index contributed by atoms with van der Waals surface area (Å²) in [6.07, 6.45) is 2.81. The van der Waals surface area contributed by atoms with Crippen molar-refractivity contribution in [2.24, 2.45) is 13.0 Å². The summed E-state index contributed by atoms with van der Waals surface area (Å²) in [5.74, 6) is 1.43. The third-order valence-corrected chi connectivity index (χ3v) is 3.24. The first kappa shape index (κ1) is 10.6. The Morgan fingerprint density at radius 2 is 2.47 bits per heavy atom. The minimum absolute atomic E-state index is 0.286. The van der Waals surface area contributed by atoms with Crippen LogP contribution >= 0.6 is 0 Å². The number of aliphatic hydroxyl groups excluding tert-OH is 1. The van der Waals surface area contributed by atoms with E-state index in [4.69, 9.17) is 5.11 Å². The summed E-state index contributed by atoms with van der Waals surface area (Å²) in [5.41, 5.74) is 0. The van der Waals surface area contributed by atoms with Crippen LogP contribution in [0.25, 0.3) is 0 Å². The molecule has 0 bridgehead atoms. The van der Waals surface area contributed by atoms with Gasteiger partial charge in [0.2, 0.25) is 0 Å². The topological polar surface area (TPSA) is 54.2 Å². The molecule has 0 radical (unpaired) electrons. The van der Waals surface area contributed by atoms with E-state index in [1.165, 1.54) is 0 Å². The van der Waals surface area contributed by atoms with Gasteiger partial charge in [0.05, 0.1) is 6.04 Å². The molecule has 5 nitrogen and oxygen atoms in total. The lowest BCUT2D eigenvalue weighted by molar-refractivity contribution is 0.200. The fraction of sp³-hybridized carbons (Fsp3) is 0.800. The number of aromatic nitrogens is 3. The van der Waals surface area contributed by atoms with Gasteiger partial charge < -0.3 is 9.67 Å². The molecule has 0 saturated carbocycles. The molecule has 84 valence electrons. The van der Waals surface area contributed by atoms with Crippen molar-refractivity contribution in [3.63, 3.8) is 0 Å². The summed E-state index contributed by atoms with van der Waals surface area (Å²) in [5, 5.41) is 17.1. The number of aliphatic hydroxyl groups is 1. The van der Waals surface area contributed by atoms with E-state index in [-0.39, 0.29) is 6.04 Å². The highest BCUT2D eigenvalue weighted by Gasteiger charge is 2.28. The predicted octanol–water partition coefficient (Wildman–Crippen LogP) is 0.190. The second-order valence-corrected chi connectivity index (χ2v) is 4.31.